The van der Waals surface area contributed by atoms with Crippen molar-refractivity contribution < 1.29 is 9.84 Å². The Balaban J connectivity index is 2.26. The number of hydrogen-bond donors (Lipinski definition) is 1. The molecule has 0 fully saturated rings. The average Bonchev–Trinajstić information content (AvgIpc) is 2.40. The Bertz CT molecular complexity index is 606. The Labute approximate surface area is 124 Å². The normalized spacial score (nSPS) is 11.4. The van der Waals surface area contributed by atoms with Crippen LogP contribution in [0.4, 0.5) is 0 Å². The molecule has 0 amide bonds. The van der Waals surface area contributed by atoms with E-state index in [1.807, 2.05) is 18.2 Å². The van der Waals surface area contributed by atoms with E-state index in [-0.39, 0.29) is 12.0 Å². The summed E-state index contributed by atoms with van der Waals surface area (Å²) in [4.78, 5) is 4.12. The van der Waals surface area contributed by atoms with E-state index in [9.17, 15) is 0 Å². The molecular formula is C16H18ClNO2. The number of pyridine rings is 1. The molecule has 0 saturated heterocycles. The molecule has 1 heterocycles. The Morgan fingerprint density at radius 2 is 2.00 bits per heavy atom. The minimum absolute atomic E-state index is 0.0529. The van der Waals surface area contributed by atoms with Gasteiger partial charge in [-0.1, -0.05) is 44.5 Å². The molecular weight excluding hydrogens is 274 g/mol. The number of benzene rings is 1. The fourth-order valence-corrected chi connectivity index (χ4v) is 1.99. The Kier molecular flexibility index (Phi) is 4.31. The molecule has 0 radical (unpaired) electrons. The van der Waals surface area contributed by atoms with Crippen molar-refractivity contribution in [1.82, 2.24) is 4.98 Å². The largest absolute Gasteiger partial charge is 0.438 e. The predicted octanol–water partition coefficient (Wildman–Crippen LogP) is 4.32. The van der Waals surface area contributed by atoms with Crippen molar-refractivity contribution in [3.63, 3.8) is 0 Å². The quantitative estimate of drug-likeness (QED) is 0.916. The molecule has 0 bridgehead atoms. The Morgan fingerprint density at radius 1 is 1.25 bits per heavy atom. The fourth-order valence-electron chi connectivity index (χ4n) is 1.76. The van der Waals surface area contributed by atoms with Gasteiger partial charge in [-0.2, -0.15) is 0 Å². The summed E-state index contributed by atoms with van der Waals surface area (Å²) in [6, 6.07) is 9.52. The van der Waals surface area contributed by atoms with Crippen LogP contribution in [0.2, 0.25) is 5.02 Å². The first-order valence-corrected chi connectivity index (χ1v) is 6.81. The highest BCUT2D eigenvalue weighted by Gasteiger charge is 2.14. The maximum atomic E-state index is 9.03. The lowest BCUT2D eigenvalue weighted by atomic mass is 9.87. The molecule has 0 aliphatic carbocycles. The molecule has 0 atom stereocenters. The minimum Gasteiger partial charge on any atom is -0.438 e. The van der Waals surface area contributed by atoms with Crippen LogP contribution in [0.15, 0.2) is 36.5 Å². The summed E-state index contributed by atoms with van der Waals surface area (Å²) in [5, 5.41) is 9.42. The van der Waals surface area contributed by atoms with Crippen LogP contribution >= 0.6 is 11.6 Å². The van der Waals surface area contributed by atoms with E-state index in [1.165, 1.54) is 5.56 Å². The van der Waals surface area contributed by atoms with Gasteiger partial charge in [-0.05, 0) is 34.7 Å². The topological polar surface area (TPSA) is 42.4 Å². The zero-order valence-electron chi connectivity index (χ0n) is 11.9. The fraction of sp³-hybridized carbons (Fsp3) is 0.312. The minimum atomic E-state index is -0.0908. The van der Waals surface area contributed by atoms with Crippen LogP contribution in [0.1, 0.15) is 31.9 Å². The highest BCUT2D eigenvalue weighted by molar-refractivity contribution is 6.31. The number of halogens is 1. The summed E-state index contributed by atoms with van der Waals surface area (Å²) in [5.74, 6) is 1.04. The van der Waals surface area contributed by atoms with Gasteiger partial charge in [0.2, 0.25) is 5.88 Å². The van der Waals surface area contributed by atoms with Crippen molar-refractivity contribution in [2.24, 2.45) is 0 Å². The number of aliphatic hydroxyl groups excluding tert-OH is 1. The van der Waals surface area contributed by atoms with E-state index < -0.39 is 0 Å². The lowest BCUT2D eigenvalue weighted by Gasteiger charge is -2.19. The van der Waals surface area contributed by atoms with E-state index in [0.717, 1.165) is 0 Å². The van der Waals surface area contributed by atoms with Gasteiger partial charge in [-0.25, -0.2) is 4.98 Å². The summed E-state index contributed by atoms with van der Waals surface area (Å²) in [7, 11) is 0. The van der Waals surface area contributed by atoms with Crippen molar-refractivity contribution in [3.05, 3.63) is 52.7 Å². The highest BCUT2D eigenvalue weighted by atomic mass is 35.5. The highest BCUT2D eigenvalue weighted by Crippen LogP contribution is 2.30. The molecule has 4 heteroatoms. The third-order valence-corrected chi connectivity index (χ3v) is 3.23. The lowest BCUT2D eigenvalue weighted by molar-refractivity contribution is 0.281. The Hall–Kier alpha value is -1.58. The van der Waals surface area contributed by atoms with Crippen LogP contribution in [-0.2, 0) is 12.0 Å². The van der Waals surface area contributed by atoms with Crippen LogP contribution in [0.25, 0.3) is 0 Å². The van der Waals surface area contributed by atoms with E-state index in [0.29, 0.717) is 22.2 Å². The Morgan fingerprint density at radius 3 is 2.60 bits per heavy atom. The van der Waals surface area contributed by atoms with Crippen molar-refractivity contribution in [1.29, 1.82) is 0 Å². The molecule has 1 aromatic carbocycles. The maximum Gasteiger partial charge on any atom is 0.238 e. The molecule has 2 aromatic rings. The zero-order valence-corrected chi connectivity index (χ0v) is 12.6. The SMILES string of the molecule is CC(C)(C)c1cccc(Oc2ncc(CO)cc2Cl)c1. The number of ether oxygens (including phenoxy) is 1. The summed E-state index contributed by atoms with van der Waals surface area (Å²) < 4.78 is 5.72. The molecule has 0 saturated carbocycles. The van der Waals surface area contributed by atoms with Gasteiger partial charge >= 0.3 is 0 Å². The van der Waals surface area contributed by atoms with Crippen LogP contribution in [0, 0.1) is 0 Å². The number of hydrogen-bond acceptors (Lipinski definition) is 3. The molecule has 0 unspecified atom stereocenters. The summed E-state index contributed by atoms with van der Waals surface area (Å²) in [6.07, 6.45) is 1.55. The van der Waals surface area contributed by atoms with Gasteiger partial charge in [-0.3, -0.25) is 0 Å². The molecule has 0 spiro atoms. The number of rotatable bonds is 3. The second-order valence-corrected chi connectivity index (χ2v) is 6.08. The van der Waals surface area contributed by atoms with Gasteiger partial charge < -0.3 is 9.84 Å². The average molecular weight is 292 g/mol. The van der Waals surface area contributed by atoms with Gasteiger partial charge in [-0.15, -0.1) is 0 Å². The third kappa shape index (κ3) is 3.50. The molecule has 20 heavy (non-hydrogen) atoms. The van der Waals surface area contributed by atoms with E-state index in [4.69, 9.17) is 21.4 Å². The first-order chi connectivity index (χ1) is 9.40. The molecule has 0 aliphatic rings. The summed E-state index contributed by atoms with van der Waals surface area (Å²) in [5.41, 5.74) is 1.89. The van der Waals surface area contributed by atoms with Crippen molar-refractivity contribution >= 4 is 11.6 Å². The second-order valence-electron chi connectivity index (χ2n) is 5.67. The van der Waals surface area contributed by atoms with Gasteiger partial charge in [0, 0.05) is 6.20 Å². The van der Waals surface area contributed by atoms with Gasteiger partial charge in [0.25, 0.3) is 0 Å². The predicted molar refractivity (Wildman–Crippen MR) is 80.4 cm³/mol. The number of aliphatic hydroxyl groups is 1. The summed E-state index contributed by atoms with van der Waals surface area (Å²) >= 11 is 6.09. The van der Waals surface area contributed by atoms with Gasteiger partial charge in [0.05, 0.1) is 6.61 Å². The van der Waals surface area contributed by atoms with Gasteiger partial charge in [0.15, 0.2) is 0 Å². The second kappa shape index (κ2) is 5.81. The number of aromatic nitrogens is 1. The monoisotopic (exact) mass is 291 g/mol. The zero-order chi connectivity index (χ0) is 14.8. The van der Waals surface area contributed by atoms with Crippen molar-refractivity contribution in [2.45, 2.75) is 32.8 Å². The van der Waals surface area contributed by atoms with Crippen LogP contribution in [-0.4, -0.2) is 10.1 Å². The van der Waals surface area contributed by atoms with Crippen LogP contribution in [0.3, 0.4) is 0 Å². The van der Waals surface area contributed by atoms with Crippen molar-refractivity contribution in [3.8, 4) is 11.6 Å². The lowest BCUT2D eigenvalue weighted by Crippen LogP contribution is -2.10. The van der Waals surface area contributed by atoms with Crippen molar-refractivity contribution in [2.75, 3.05) is 0 Å². The molecule has 1 aromatic heterocycles. The van der Waals surface area contributed by atoms with E-state index >= 15 is 0 Å². The van der Waals surface area contributed by atoms with Crippen LogP contribution < -0.4 is 4.74 Å². The third-order valence-electron chi connectivity index (χ3n) is 2.96. The van der Waals surface area contributed by atoms with Gasteiger partial charge in [0.1, 0.15) is 10.8 Å². The van der Waals surface area contributed by atoms with E-state index in [1.54, 1.807) is 12.3 Å². The first-order valence-electron chi connectivity index (χ1n) is 6.44. The standard InChI is InChI=1S/C16H18ClNO2/c1-16(2,3)12-5-4-6-13(8-12)20-15-14(17)7-11(10-19)9-18-15/h4-9,19H,10H2,1-3H3. The first kappa shape index (κ1) is 14.8. The number of nitrogens with zero attached hydrogens (tertiary/aromatic N) is 1. The molecule has 106 valence electrons. The molecule has 2 rings (SSSR count). The smallest absolute Gasteiger partial charge is 0.238 e. The summed E-state index contributed by atoms with van der Waals surface area (Å²) in [6.45, 7) is 6.35. The molecule has 1 N–H and O–H groups in total. The molecule has 0 aliphatic heterocycles. The van der Waals surface area contributed by atoms with Crippen LogP contribution in [0.5, 0.6) is 11.6 Å². The molecule has 3 nitrogen and oxygen atoms in total. The maximum absolute atomic E-state index is 9.03. The van der Waals surface area contributed by atoms with E-state index in [2.05, 4.69) is 31.8 Å².